The summed E-state index contributed by atoms with van der Waals surface area (Å²) in [7, 11) is 0. The van der Waals surface area contributed by atoms with Gasteiger partial charge in [-0.25, -0.2) is 9.97 Å². The van der Waals surface area contributed by atoms with Crippen molar-refractivity contribution >= 4 is 39.9 Å². The summed E-state index contributed by atoms with van der Waals surface area (Å²) in [6.45, 7) is 14.5. The Morgan fingerprint density at radius 3 is 2.49 bits per heavy atom. The third kappa shape index (κ3) is 13.5. The summed E-state index contributed by atoms with van der Waals surface area (Å²) in [5.74, 6) is 2.02. The van der Waals surface area contributed by atoms with Crippen LogP contribution in [0.5, 0.6) is 0 Å². The molecule has 2 fully saturated rings. The van der Waals surface area contributed by atoms with Gasteiger partial charge in [0.05, 0.1) is 80.8 Å². The van der Waals surface area contributed by atoms with Crippen molar-refractivity contribution in [2.75, 3.05) is 90.4 Å². The third-order valence-electron chi connectivity index (χ3n) is 13.1. The Labute approximate surface area is 402 Å². The van der Waals surface area contributed by atoms with Crippen molar-refractivity contribution in [2.24, 2.45) is 0 Å². The molecule has 1 atom stereocenters. The van der Waals surface area contributed by atoms with E-state index in [9.17, 15) is 14.4 Å². The Kier molecular flexibility index (Phi) is 18.0. The number of likely N-dealkylation sites (tertiary alicyclic amines) is 1. The second kappa shape index (κ2) is 24.9. The highest BCUT2D eigenvalue weighted by Gasteiger charge is 2.32. The molecular weight excluding hydrogens is 885 g/mol. The van der Waals surface area contributed by atoms with E-state index in [2.05, 4.69) is 62.0 Å². The van der Waals surface area contributed by atoms with Crippen molar-refractivity contribution in [3.63, 3.8) is 0 Å². The number of aryl methyl sites for hydroxylation is 4. The average molecular weight is 953 g/mol. The average Bonchev–Trinajstić information content (AvgIpc) is 4.03. The van der Waals surface area contributed by atoms with E-state index < -0.39 is 0 Å². The number of thiazole rings is 1. The number of carbonyl (C=O) groups excluding carboxylic acids is 2. The molecular formula is C49H68N12O6S. The highest BCUT2D eigenvalue weighted by molar-refractivity contribution is 7.11. The molecule has 0 radical (unpaired) electrons. The summed E-state index contributed by atoms with van der Waals surface area (Å²) in [5, 5.41) is 16.2. The molecule has 2 amide bonds. The topological polar surface area (TPSA) is 198 Å². The molecule has 0 aromatic carbocycles. The number of aromatic amines is 1. The first kappa shape index (κ1) is 49.2. The number of nitrogens with zero attached hydrogens (tertiary/aromatic N) is 9. The van der Waals surface area contributed by atoms with Gasteiger partial charge in [-0.1, -0.05) is 13.3 Å². The molecule has 18 nitrogen and oxygen atoms in total. The smallest absolute Gasteiger partial charge is 0.269 e. The predicted octanol–water partition coefficient (Wildman–Crippen LogP) is 4.54. The maximum atomic E-state index is 12.7. The second-order valence-electron chi connectivity index (χ2n) is 17.9. The summed E-state index contributed by atoms with van der Waals surface area (Å²) in [4.78, 5) is 62.8. The molecule has 366 valence electrons. The summed E-state index contributed by atoms with van der Waals surface area (Å²) in [6, 6.07) is 7.90. The standard InChI is InChI=1S/C49H68N12O6S/c1-3-37-30-41-42(55-48(37)63)29-36(31-52-41)33-58-19-21-59(22-20-58)38-12-13-40(53-32-38)49(64)51-16-24-66-26-28-67-27-25-65-23-14-45(62)50-15-7-9-39-35(2)68-46(54-39)34-60-17-8-10-43(60)47-57-56-44-11-5-4-6-18-61(44)47/h12-13,29-32,43H,3-11,14-28,33-34H2,1-2H3,(H,50,62)(H,51,64)(H,55,63)/t43-/m0/s1. The van der Waals surface area contributed by atoms with Crippen LogP contribution in [0.25, 0.3) is 11.0 Å². The summed E-state index contributed by atoms with van der Waals surface area (Å²) >= 11 is 1.79. The fourth-order valence-corrected chi connectivity index (χ4v) is 10.3. The lowest BCUT2D eigenvalue weighted by molar-refractivity contribution is -0.122. The molecule has 3 aliphatic heterocycles. The van der Waals surface area contributed by atoms with Crippen molar-refractivity contribution in [1.29, 1.82) is 0 Å². The molecule has 8 rings (SSSR count). The highest BCUT2D eigenvalue weighted by Crippen LogP contribution is 2.34. The van der Waals surface area contributed by atoms with Crippen molar-refractivity contribution in [1.82, 2.24) is 55.1 Å². The van der Waals surface area contributed by atoms with E-state index in [1.165, 1.54) is 30.6 Å². The number of fused-ring (bicyclic) bond motifs is 2. The lowest BCUT2D eigenvalue weighted by Crippen LogP contribution is -2.46. The number of pyridine rings is 3. The van der Waals surface area contributed by atoms with Crippen LogP contribution in [-0.2, 0) is 57.9 Å². The Morgan fingerprint density at radius 1 is 0.853 bits per heavy atom. The van der Waals surface area contributed by atoms with Gasteiger partial charge in [-0.2, -0.15) is 0 Å². The van der Waals surface area contributed by atoms with Crippen LogP contribution in [0.1, 0.15) is 107 Å². The quantitative estimate of drug-likeness (QED) is 0.0729. The first-order valence-electron chi connectivity index (χ1n) is 24.6. The third-order valence-corrected chi connectivity index (χ3v) is 14.1. The number of hydrogen-bond donors (Lipinski definition) is 3. The zero-order chi connectivity index (χ0) is 47.1. The molecule has 0 aliphatic carbocycles. The molecule has 0 bridgehead atoms. The molecule has 5 aromatic heterocycles. The van der Waals surface area contributed by atoms with Crippen LogP contribution in [0.3, 0.4) is 0 Å². The molecule has 3 N–H and O–H groups in total. The van der Waals surface area contributed by atoms with Gasteiger partial charge < -0.3 is 39.3 Å². The monoisotopic (exact) mass is 953 g/mol. The van der Waals surface area contributed by atoms with Crippen molar-refractivity contribution in [2.45, 2.75) is 104 Å². The number of rotatable bonds is 24. The van der Waals surface area contributed by atoms with Crippen molar-refractivity contribution in [3.05, 3.63) is 91.1 Å². The molecule has 68 heavy (non-hydrogen) atoms. The van der Waals surface area contributed by atoms with Crippen molar-refractivity contribution in [3.8, 4) is 0 Å². The largest absolute Gasteiger partial charge is 0.379 e. The Bertz CT molecular complexity index is 2470. The summed E-state index contributed by atoms with van der Waals surface area (Å²) in [5.41, 5.74) is 5.81. The number of anilines is 1. The van der Waals surface area contributed by atoms with E-state index in [-0.39, 0.29) is 17.4 Å². The fourth-order valence-electron chi connectivity index (χ4n) is 9.27. The first-order chi connectivity index (χ1) is 33.3. The van der Waals surface area contributed by atoms with E-state index in [1.807, 2.05) is 31.3 Å². The zero-order valence-electron chi connectivity index (χ0n) is 39.8. The van der Waals surface area contributed by atoms with Gasteiger partial charge in [0.2, 0.25) is 5.91 Å². The Balaban J connectivity index is 0.609. The van der Waals surface area contributed by atoms with Crippen LogP contribution in [0.2, 0.25) is 0 Å². The number of aromatic nitrogens is 7. The van der Waals surface area contributed by atoms with Gasteiger partial charge in [-0.15, -0.1) is 21.5 Å². The van der Waals surface area contributed by atoms with Gasteiger partial charge in [-0.3, -0.25) is 29.2 Å². The van der Waals surface area contributed by atoms with Crippen LogP contribution >= 0.6 is 11.3 Å². The van der Waals surface area contributed by atoms with Crippen LogP contribution in [0, 0.1) is 6.92 Å². The maximum absolute atomic E-state index is 12.7. The van der Waals surface area contributed by atoms with Gasteiger partial charge in [0, 0.05) is 81.8 Å². The number of ether oxygens (including phenoxy) is 3. The van der Waals surface area contributed by atoms with E-state index in [0.29, 0.717) is 77.3 Å². The minimum absolute atomic E-state index is 0.0222. The second-order valence-corrected chi connectivity index (χ2v) is 19.2. The fraction of sp³-hybridized carbons (Fsp3) is 0.592. The van der Waals surface area contributed by atoms with Gasteiger partial charge in [-0.05, 0) is 88.2 Å². The lowest BCUT2D eigenvalue weighted by atomic mass is 10.1. The molecule has 0 spiro atoms. The summed E-state index contributed by atoms with van der Waals surface area (Å²) < 4.78 is 19.2. The minimum atomic E-state index is -0.248. The zero-order valence-corrected chi connectivity index (χ0v) is 40.6. The predicted molar refractivity (Wildman–Crippen MR) is 261 cm³/mol. The Hall–Kier alpha value is -5.18. The normalized spacial score (nSPS) is 16.9. The number of carbonyl (C=O) groups is 2. The van der Waals surface area contributed by atoms with E-state index in [4.69, 9.17) is 19.2 Å². The first-order valence-corrected chi connectivity index (χ1v) is 25.5. The van der Waals surface area contributed by atoms with Gasteiger partial charge in [0.15, 0.2) is 0 Å². The van der Waals surface area contributed by atoms with Crippen LogP contribution < -0.4 is 21.1 Å². The number of nitrogens with one attached hydrogen (secondary N) is 3. The van der Waals surface area contributed by atoms with E-state index in [0.717, 1.165) is 128 Å². The molecule has 3 aliphatic rings. The van der Waals surface area contributed by atoms with Crippen LogP contribution in [0.15, 0.2) is 41.5 Å². The summed E-state index contributed by atoms with van der Waals surface area (Å²) in [6.07, 6.45) is 13.3. The van der Waals surface area contributed by atoms with Crippen LogP contribution in [0.4, 0.5) is 5.69 Å². The SMILES string of the molecule is CCc1cc2ncc(CN3CCN(c4ccc(C(=O)NCCOCCOCCOCCC(=O)NCCCc5nc(CN6CCC[C@H]6c6nnc7n6CCCCC7)sc5C)nc4)CC3)cc2[nH]c1=O. The van der Waals surface area contributed by atoms with Crippen LogP contribution in [-0.4, -0.2) is 142 Å². The number of piperazine rings is 1. The molecule has 5 aromatic rings. The molecule has 8 heterocycles. The maximum Gasteiger partial charge on any atom is 0.269 e. The number of H-pyrrole nitrogens is 1. The van der Waals surface area contributed by atoms with E-state index >= 15 is 0 Å². The minimum Gasteiger partial charge on any atom is -0.379 e. The number of hydrogen-bond acceptors (Lipinski definition) is 15. The lowest BCUT2D eigenvalue weighted by Gasteiger charge is -2.36. The van der Waals surface area contributed by atoms with Gasteiger partial charge in [0.1, 0.15) is 22.4 Å². The molecule has 0 unspecified atom stereocenters. The van der Waals surface area contributed by atoms with E-state index in [1.54, 1.807) is 23.6 Å². The number of amides is 2. The van der Waals surface area contributed by atoms with Crippen molar-refractivity contribution < 1.29 is 23.8 Å². The molecule has 19 heteroatoms. The van der Waals surface area contributed by atoms with Gasteiger partial charge in [0.25, 0.3) is 11.5 Å². The molecule has 2 saturated heterocycles. The Morgan fingerprint density at radius 2 is 1.68 bits per heavy atom. The molecule has 0 saturated carbocycles. The highest BCUT2D eigenvalue weighted by atomic mass is 32.1. The van der Waals surface area contributed by atoms with Gasteiger partial charge >= 0.3 is 0 Å².